The fraction of sp³-hybridized carbons (Fsp3) is 0.600. The molecule has 0 atom stereocenters. The van der Waals surface area contributed by atoms with Gasteiger partial charge in [-0.2, -0.15) is 10.1 Å². The van der Waals surface area contributed by atoms with Crippen molar-refractivity contribution in [3.63, 3.8) is 0 Å². The molecule has 1 fully saturated rings. The van der Waals surface area contributed by atoms with Gasteiger partial charge in [0.05, 0.1) is 12.2 Å². The predicted octanol–water partition coefficient (Wildman–Crippen LogP) is 2.40. The topological polar surface area (TPSA) is 72.6 Å². The molecule has 0 saturated carbocycles. The van der Waals surface area contributed by atoms with Crippen LogP contribution in [0.1, 0.15) is 49.6 Å². The molecule has 4 rings (SSSR count). The number of amides is 1. The maximum absolute atomic E-state index is 12.8. The van der Waals surface area contributed by atoms with E-state index in [1.807, 2.05) is 18.7 Å². The molecule has 2 aromatic rings. The monoisotopic (exact) mass is 369 g/mol. The molecule has 1 amide bonds. The number of hydrogen-bond donors (Lipinski definition) is 0. The molecule has 0 aromatic carbocycles. The highest BCUT2D eigenvalue weighted by molar-refractivity contribution is 5.76. The third-order valence-corrected chi connectivity index (χ3v) is 5.94. The van der Waals surface area contributed by atoms with E-state index in [0.29, 0.717) is 18.6 Å². The Bertz CT molecular complexity index is 893. The summed E-state index contributed by atoms with van der Waals surface area (Å²) < 4.78 is 7.80. The first-order chi connectivity index (χ1) is 13.0. The Morgan fingerprint density at radius 3 is 2.78 bits per heavy atom. The summed E-state index contributed by atoms with van der Waals surface area (Å²) in [6, 6.07) is 0. The smallest absolute Gasteiger partial charge is 0.252 e. The number of piperidine rings is 1. The average Bonchev–Trinajstić information content (AvgIpc) is 3.10. The Labute approximate surface area is 159 Å². The quantitative estimate of drug-likeness (QED) is 0.777. The van der Waals surface area contributed by atoms with Gasteiger partial charge in [-0.25, -0.2) is 9.50 Å². The number of fused-ring (bicyclic) bond motifs is 1. The predicted molar refractivity (Wildman–Crippen MR) is 101 cm³/mol. The first-order valence-electron chi connectivity index (χ1n) is 9.73. The lowest BCUT2D eigenvalue weighted by atomic mass is 9.87. The molecule has 144 valence electrons. The Hall–Kier alpha value is -2.28. The number of carbonyl (C=O) groups excluding carboxylic acids is 1. The molecule has 7 nitrogen and oxygen atoms in total. The summed E-state index contributed by atoms with van der Waals surface area (Å²) in [7, 11) is 0. The molecule has 1 spiro atoms. The van der Waals surface area contributed by atoms with Crippen LogP contribution in [0.4, 0.5) is 0 Å². The second kappa shape index (κ2) is 7.03. The van der Waals surface area contributed by atoms with Crippen molar-refractivity contribution in [2.24, 2.45) is 0 Å². The first-order valence-corrected chi connectivity index (χ1v) is 9.73. The summed E-state index contributed by atoms with van der Waals surface area (Å²) in [6.45, 7) is 8.48. The zero-order valence-corrected chi connectivity index (χ0v) is 16.4. The highest BCUT2D eigenvalue weighted by Crippen LogP contribution is 2.33. The van der Waals surface area contributed by atoms with E-state index >= 15 is 0 Å². The van der Waals surface area contributed by atoms with Gasteiger partial charge in [0.2, 0.25) is 5.91 Å². The Kier molecular flexibility index (Phi) is 4.72. The molecule has 2 aliphatic rings. The highest BCUT2D eigenvalue weighted by Gasteiger charge is 2.36. The van der Waals surface area contributed by atoms with E-state index in [0.717, 1.165) is 55.9 Å². The van der Waals surface area contributed by atoms with Crippen LogP contribution in [0.2, 0.25) is 0 Å². The summed E-state index contributed by atoms with van der Waals surface area (Å²) >= 11 is 0. The van der Waals surface area contributed by atoms with E-state index in [1.165, 1.54) is 11.9 Å². The van der Waals surface area contributed by atoms with Gasteiger partial charge in [0.1, 0.15) is 6.33 Å². The molecule has 0 radical (unpaired) electrons. The Morgan fingerprint density at radius 1 is 1.26 bits per heavy atom. The van der Waals surface area contributed by atoms with Gasteiger partial charge < -0.3 is 9.64 Å². The van der Waals surface area contributed by atoms with Crippen molar-refractivity contribution in [1.29, 1.82) is 0 Å². The number of aromatic nitrogens is 4. The number of nitrogens with zero attached hydrogens (tertiary/aromatic N) is 5. The summed E-state index contributed by atoms with van der Waals surface area (Å²) in [5, 5.41) is 4.22. The van der Waals surface area contributed by atoms with Crippen LogP contribution in [0.15, 0.2) is 18.0 Å². The normalized spacial score (nSPS) is 19.5. The number of hydrogen-bond acceptors (Lipinski definition) is 5. The van der Waals surface area contributed by atoms with Crippen molar-refractivity contribution in [2.75, 3.05) is 19.7 Å². The molecular formula is C20H27N5O2. The van der Waals surface area contributed by atoms with Gasteiger partial charge in [0.25, 0.3) is 5.78 Å². The summed E-state index contributed by atoms with van der Waals surface area (Å²) in [5.41, 5.74) is 4.28. The SMILES string of the molecule is CC1=CC2(CCN(C(=O)CCc3c(C)nc4ncnn4c3C)CC2)OCC1. The van der Waals surface area contributed by atoms with E-state index in [4.69, 9.17) is 4.74 Å². The molecule has 7 heteroatoms. The first kappa shape index (κ1) is 18.1. The molecule has 0 unspecified atom stereocenters. The van der Waals surface area contributed by atoms with Crippen molar-refractivity contribution < 1.29 is 9.53 Å². The molecule has 0 bridgehead atoms. The number of rotatable bonds is 3. The van der Waals surface area contributed by atoms with Crippen LogP contribution >= 0.6 is 0 Å². The second-order valence-electron chi connectivity index (χ2n) is 7.77. The number of carbonyl (C=O) groups is 1. The van der Waals surface area contributed by atoms with E-state index in [1.54, 1.807) is 4.52 Å². The summed E-state index contributed by atoms with van der Waals surface area (Å²) in [4.78, 5) is 23.4. The second-order valence-corrected chi connectivity index (χ2v) is 7.77. The van der Waals surface area contributed by atoms with E-state index in [9.17, 15) is 4.79 Å². The van der Waals surface area contributed by atoms with Crippen LogP contribution in [-0.2, 0) is 16.0 Å². The molecule has 4 heterocycles. The zero-order chi connectivity index (χ0) is 19.0. The van der Waals surface area contributed by atoms with E-state index < -0.39 is 0 Å². The van der Waals surface area contributed by atoms with Gasteiger partial charge in [0.15, 0.2) is 0 Å². The van der Waals surface area contributed by atoms with Gasteiger partial charge in [-0.15, -0.1) is 0 Å². The number of ether oxygens (including phenoxy) is 1. The standard InChI is InChI=1S/C20H27N5O2/c1-14-6-11-27-20(12-14)7-9-24(10-8-20)18(26)5-4-17-15(2)23-19-21-13-22-25(19)16(17)3/h12-13H,4-11H2,1-3H3. The van der Waals surface area contributed by atoms with Gasteiger partial charge in [-0.1, -0.05) is 11.6 Å². The van der Waals surface area contributed by atoms with Gasteiger partial charge in [-0.05, 0) is 52.0 Å². The van der Waals surface area contributed by atoms with Gasteiger partial charge >= 0.3 is 0 Å². The van der Waals surface area contributed by atoms with Crippen LogP contribution in [0.3, 0.4) is 0 Å². The van der Waals surface area contributed by atoms with E-state index in [2.05, 4.69) is 28.1 Å². The van der Waals surface area contributed by atoms with Crippen LogP contribution in [0.5, 0.6) is 0 Å². The third-order valence-electron chi connectivity index (χ3n) is 5.94. The zero-order valence-electron chi connectivity index (χ0n) is 16.4. The van der Waals surface area contributed by atoms with Crippen molar-refractivity contribution in [3.8, 4) is 0 Å². The lowest BCUT2D eigenvalue weighted by molar-refractivity contribution is -0.136. The van der Waals surface area contributed by atoms with Crippen LogP contribution in [-0.4, -0.2) is 55.7 Å². The summed E-state index contributed by atoms with van der Waals surface area (Å²) in [6.07, 6.45) is 7.76. The molecule has 27 heavy (non-hydrogen) atoms. The maximum Gasteiger partial charge on any atom is 0.252 e. The minimum absolute atomic E-state index is 0.145. The van der Waals surface area contributed by atoms with Crippen molar-refractivity contribution in [1.82, 2.24) is 24.5 Å². The molecular weight excluding hydrogens is 342 g/mol. The lowest BCUT2D eigenvalue weighted by Crippen LogP contribution is -2.48. The largest absolute Gasteiger partial charge is 0.370 e. The van der Waals surface area contributed by atoms with Crippen LogP contribution in [0, 0.1) is 13.8 Å². The van der Waals surface area contributed by atoms with Crippen molar-refractivity contribution in [2.45, 2.75) is 58.5 Å². The Morgan fingerprint density at radius 2 is 2.04 bits per heavy atom. The van der Waals surface area contributed by atoms with Crippen molar-refractivity contribution >= 4 is 11.7 Å². The lowest BCUT2D eigenvalue weighted by Gasteiger charge is -2.42. The maximum atomic E-state index is 12.8. The fourth-order valence-corrected chi connectivity index (χ4v) is 4.31. The minimum atomic E-state index is -0.145. The molecule has 0 N–H and O–H groups in total. The van der Waals surface area contributed by atoms with Gasteiger partial charge in [0, 0.05) is 30.9 Å². The van der Waals surface area contributed by atoms with Gasteiger partial charge in [-0.3, -0.25) is 4.79 Å². The summed E-state index contributed by atoms with van der Waals surface area (Å²) in [5.74, 6) is 0.816. The molecule has 2 aromatic heterocycles. The Balaban J connectivity index is 1.39. The average molecular weight is 369 g/mol. The highest BCUT2D eigenvalue weighted by atomic mass is 16.5. The fourth-order valence-electron chi connectivity index (χ4n) is 4.31. The molecule has 0 aliphatic carbocycles. The van der Waals surface area contributed by atoms with E-state index in [-0.39, 0.29) is 11.5 Å². The number of aryl methyl sites for hydroxylation is 2. The molecule has 2 aliphatic heterocycles. The van der Waals surface area contributed by atoms with Crippen LogP contribution in [0.25, 0.3) is 5.78 Å². The third kappa shape index (κ3) is 3.48. The minimum Gasteiger partial charge on any atom is -0.370 e. The van der Waals surface area contributed by atoms with Crippen LogP contribution < -0.4 is 0 Å². The van der Waals surface area contributed by atoms with Crippen molar-refractivity contribution in [3.05, 3.63) is 34.9 Å². The molecule has 1 saturated heterocycles. The number of likely N-dealkylation sites (tertiary alicyclic amines) is 1.